The molecule has 1 aromatic rings. The maximum Gasteiger partial charge on any atom is 0.144 e. The highest BCUT2D eigenvalue weighted by atomic mass is 16.5. The normalized spacial score (nSPS) is 12.9. The summed E-state index contributed by atoms with van der Waals surface area (Å²) < 4.78 is 6.67. The van der Waals surface area contributed by atoms with Crippen molar-refractivity contribution in [3.8, 4) is 0 Å². The molecule has 0 aromatic carbocycles. The van der Waals surface area contributed by atoms with Gasteiger partial charge >= 0.3 is 0 Å². The summed E-state index contributed by atoms with van der Waals surface area (Å²) in [7, 11) is 3.52. The Labute approximate surface area is 71.7 Å². The zero-order chi connectivity index (χ0) is 8.97. The Hall–Kier alpha value is -1.10. The van der Waals surface area contributed by atoms with Gasteiger partial charge in [-0.25, -0.2) is 4.68 Å². The highest BCUT2D eigenvalue weighted by Crippen LogP contribution is 2.02. The third-order valence-corrected chi connectivity index (χ3v) is 1.53. The largest absolute Gasteiger partial charge is 0.383 e. The molecule has 1 N–H and O–H groups in total. The lowest BCUT2D eigenvalue weighted by Gasteiger charge is -2.12. The van der Waals surface area contributed by atoms with E-state index in [9.17, 15) is 0 Å². The lowest BCUT2D eigenvalue weighted by molar-refractivity contribution is 0.190. The summed E-state index contributed by atoms with van der Waals surface area (Å²) in [4.78, 5) is 0. The number of methoxy groups -OCH3 is 1. The molecule has 0 aliphatic carbocycles. The number of rotatable bonds is 4. The molecule has 0 amide bonds. The van der Waals surface area contributed by atoms with Gasteiger partial charge in [0.2, 0.25) is 0 Å². The maximum atomic E-state index is 4.98. The first kappa shape index (κ1) is 8.99. The average molecular weight is 170 g/mol. The molecule has 0 spiro atoms. The molecule has 0 saturated heterocycles. The first-order valence-electron chi connectivity index (χ1n) is 3.84. The van der Waals surface area contributed by atoms with Crippen LogP contribution in [-0.4, -0.2) is 34.8 Å². The smallest absolute Gasteiger partial charge is 0.144 e. The van der Waals surface area contributed by atoms with Crippen molar-refractivity contribution < 1.29 is 4.74 Å². The van der Waals surface area contributed by atoms with Crippen LogP contribution < -0.4 is 5.32 Å². The highest BCUT2D eigenvalue weighted by Gasteiger charge is 2.03. The van der Waals surface area contributed by atoms with Crippen LogP contribution in [0.25, 0.3) is 0 Å². The Morgan fingerprint density at radius 3 is 3.00 bits per heavy atom. The molecule has 1 aromatic heterocycles. The second kappa shape index (κ2) is 4.06. The Balaban J connectivity index is 2.46. The van der Waals surface area contributed by atoms with E-state index in [4.69, 9.17) is 4.74 Å². The van der Waals surface area contributed by atoms with E-state index in [1.807, 2.05) is 14.0 Å². The van der Waals surface area contributed by atoms with Crippen LogP contribution >= 0.6 is 0 Å². The number of anilines is 1. The molecule has 1 heterocycles. The second-order valence-electron chi connectivity index (χ2n) is 2.74. The van der Waals surface area contributed by atoms with E-state index in [0.717, 1.165) is 5.82 Å². The Kier molecular flexibility index (Phi) is 3.04. The molecular weight excluding hydrogens is 156 g/mol. The summed E-state index contributed by atoms with van der Waals surface area (Å²) in [5, 5.41) is 10.7. The maximum absolute atomic E-state index is 4.98. The van der Waals surface area contributed by atoms with E-state index in [1.165, 1.54) is 0 Å². The number of nitrogens with one attached hydrogen (secondary N) is 1. The number of hydrogen-bond donors (Lipinski definition) is 1. The SMILES string of the molecule is COCC(C)Nc1cnnn1C. The van der Waals surface area contributed by atoms with E-state index >= 15 is 0 Å². The number of aromatic nitrogens is 3. The van der Waals surface area contributed by atoms with Gasteiger partial charge in [0.1, 0.15) is 5.82 Å². The fourth-order valence-electron chi connectivity index (χ4n) is 0.965. The zero-order valence-electron chi connectivity index (χ0n) is 7.61. The third-order valence-electron chi connectivity index (χ3n) is 1.53. The van der Waals surface area contributed by atoms with Crippen LogP contribution in [0.3, 0.4) is 0 Å². The van der Waals surface area contributed by atoms with Gasteiger partial charge < -0.3 is 10.1 Å². The van der Waals surface area contributed by atoms with Crippen molar-refractivity contribution in [3.63, 3.8) is 0 Å². The molecule has 1 unspecified atom stereocenters. The molecule has 0 aliphatic heterocycles. The predicted octanol–water partition coefficient (Wildman–Crippen LogP) is 0.262. The van der Waals surface area contributed by atoms with Crippen molar-refractivity contribution in [1.29, 1.82) is 0 Å². The number of nitrogens with zero attached hydrogens (tertiary/aromatic N) is 3. The van der Waals surface area contributed by atoms with Crippen LogP contribution in [0, 0.1) is 0 Å². The van der Waals surface area contributed by atoms with E-state index in [-0.39, 0.29) is 6.04 Å². The minimum absolute atomic E-state index is 0.271. The molecule has 0 bridgehead atoms. The fourth-order valence-corrected chi connectivity index (χ4v) is 0.965. The van der Waals surface area contributed by atoms with Gasteiger partial charge in [-0.3, -0.25) is 0 Å². The van der Waals surface area contributed by atoms with Gasteiger partial charge in [-0.1, -0.05) is 5.21 Å². The van der Waals surface area contributed by atoms with Gasteiger partial charge in [0.05, 0.1) is 12.8 Å². The Bertz CT molecular complexity index is 235. The van der Waals surface area contributed by atoms with Crippen LogP contribution in [-0.2, 0) is 11.8 Å². The Morgan fingerprint density at radius 2 is 2.50 bits per heavy atom. The number of aryl methyl sites for hydroxylation is 1. The second-order valence-corrected chi connectivity index (χ2v) is 2.74. The molecule has 5 heteroatoms. The monoisotopic (exact) mass is 170 g/mol. The molecule has 5 nitrogen and oxygen atoms in total. The molecular formula is C7H14N4O. The van der Waals surface area contributed by atoms with Crippen LogP contribution in [0.15, 0.2) is 6.20 Å². The molecule has 12 heavy (non-hydrogen) atoms. The van der Waals surface area contributed by atoms with Gasteiger partial charge in [0.25, 0.3) is 0 Å². The summed E-state index contributed by atoms with van der Waals surface area (Å²) in [5.74, 6) is 0.902. The molecule has 0 radical (unpaired) electrons. The van der Waals surface area contributed by atoms with Crippen molar-refractivity contribution >= 4 is 5.82 Å². The third kappa shape index (κ3) is 2.20. The number of ether oxygens (including phenoxy) is 1. The fraction of sp³-hybridized carbons (Fsp3) is 0.714. The van der Waals surface area contributed by atoms with Crippen LogP contribution in [0.4, 0.5) is 5.82 Å². The Morgan fingerprint density at radius 1 is 1.75 bits per heavy atom. The van der Waals surface area contributed by atoms with E-state index < -0.39 is 0 Å². The highest BCUT2D eigenvalue weighted by molar-refractivity contribution is 5.31. The minimum Gasteiger partial charge on any atom is -0.383 e. The van der Waals surface area contributed by atoms with Gasteiger partial charge in [-0.15, -0.1) is 5.10 Å². The summed E-state index contributed by atoms with van der Waals surface area (Å²) >= 11 is 0. The average Bonchev–Trinajstić information content (AvgIpc) is 2.37. The molecule has 68 valence electrons. The van der Waals surface area contributed by atoms with E-state index in [2.05, 4.69) is 15.6 Å². The van der Waals surface area contributed by atoms with Crippen LogP contribution in [0.1, 0.15) is 6.92 Å². The quantitative estimate of drug-likeness (QED) is 0.704. The molecule has 1 rings (SSSR count). The summed E-state index contributed by atoms with van der Waals surface area (Å²) in [6.45, 7) is 2.71. The topological polar surface area (TPSA) is 52.0 Å². The van der Waals surface area contributed by atoms with Crippen LogP contribution in [0.2, 0.25) is 0 Å². The van der Waals surface area contributed by atoms with Gasteiger partial charge in [0.15, 0.2) is 0 Å². The first-order chi connectivity index (χ1) is 5.74. The van der Waals surface area contributed by atoms with Gasteiger partial charge in [0, 0.05) is 20.2 Å². The number of hydrogen-bond acceptors (Lipinski definition) is 4. The van der Waals surface area contributed by atoms with Crippen molar-refractivity contribution in [2.24, 2.45) is 7.05 Å². The molecule has 0 fully saturated rings. The van der Waals surface area contributed by atoms with Crippen LogP contribution in [0.5, 0.6) is 0 Å². The molecule has 1 atom stereocenters. The molecule has 0 aliphatic rings. The predicted molar refractivity (Wildman–Crippen MR) is 46.0 cm³/mol. The van der Waals surface area contributed by atoms with Gasteiger partial charge in [-0.2, -0.15) is 0 Å². The first-order valence-corrected chi connectivity index (χ1v) is 3.84. The van der Waals surface area contributed by atoms with E-state index in [0.29, 0.717) is 6.61 Å². The van der Waals surface area contributed by atoms with Gasteiger partial charge in [-0.05, 0) is 6.92 Å². The standard InChI is InChI=1S/C7H14N4O/c1-6(5-12-3)9-7-4-8-10-11(7)2/h4,6,9H,5H2,1-3H3. The minimum atomic E-state index is 0.271. The zero-order valence-corrected chi connectivity index (χ0v) is 7.61. The van der Waals surface area contributed by atoms with Crippen molar-refractivity contribution in [1.82, 2.24) is 15.0 Å². The lowest BCUT2D eigenvalue weighted by Crippen LogP contribution is -2.22. The van der Waals surface area contributed by atoms with Crippen molar-refractivity contribution in [3.05, 3.63) is 6.20 Å². The summed E-state index contributed by atoms with van der Waals surface area (Å²) in [6, 6.07) is 0.271. The lowest BCUT2D eigenvalue weighted by atomic mass is 10.3. The summed E-state index contributed by atoms with van der Waals surface area (Å²) in [6.07, 6.45) is 1.69. The molecule has 0 saturated carbocycles. The van der Waals surface area contributed by atoms with E-state index in [1.54, 1.807) is 18.0 Å². The van der Waals surface area contributed by atoms with Crippen molar-refractivity contribution in [2.75, 3.05) is 19.0 Å². The summed E-state index contributed by atoms with van der Waals surface area (Å²) in [5.41, 5.74) is 0. The van der Waals surface area contributed by atoms with Crippen molar-refractivity contribution in [2.45, 2.75) is 13.0 Å².